The molecule has 2 heterocycles. The predicted molar refractivity (Wildman–Crippen MR) is 145 cm³/mol. The molecule has 1 N–H and O–H groups in total. The highest BCUT2D eigenvalue weighted by Gasteiger charge is 2.31. The Bertz CT molecular complexity index is 1370. The lowest BCUT2D eigenvalue weighted by molar-refractivity contribution is -0.147. The van der Waals surface area contributed by atoms with Gasteiger partial charge in [0.05, 0.1) is 32.3 Å². The number of aryl methyl sites for hydroxylation is 1. The summed E-state index contributed by atoms with van der Waals surface area (Å²) in [4.78, 5) is 31.1. The number of anilines is 2. The fourth-order valence-corrected chi connectivity index (χ4v) is 5.70. The number of rotatable bonds is 10. The van der Waals surface area contributed by atoms with Crippen LogP contribution >= 0.6 is 0 Å². The van der Waals surface area contributed by atoms with E-state index in [-0.39, 0.29) is 59.9 Å². The number of carbonyl (C=O) groups is 2. The molecule has 3 aromatic rings. The van der Waals surface area contributed by atoms with Crippen LogP contribution in [0.2, 0.25) is 0 Å². The van der Waals surface area contributed by atoms with Gasteiger partial charge in [-0.15, -0.1) is 0 Å². The fourth-order valence-electron chi connectivity index (χ4n) is 5.70. The average Bonchev–Trinajstić information content (AvgIpc) is 3.57. The van der Waals surface area contributed by atoms with Crippen molar-refractivity contribution in [2.45, 2.75) is 64.0 Å². The number of carbonyl (C=O) groups excluding carboxylic acids is 2. The average molecular weight is 556 g/mol. The van der Waals surface area contributed by atoms with E-state index in [9.17, 15) is 14.0 Å². The zero-order valence-electron chi connectivity index (χ0n) is 22.9. The zero-order valence-corrected chi connectivity index (χ0v) is 22.9. The topological polar surface area (TPSA) is 93.9 Å². The molecule has 1 saturated carbocycles. The Labute approximate surface area is 232 Å². The minimum atomic E-state index is -0.619. The molecule has 2 aliphatic rings. The van der Waals surface area contributed by atoms with Gasteiger partial charge in [0, 0.05) is 18.2 Å². The first-order chi connectivity index (χ1) is 19.3. The summed E-state index contributed by atoms with van der Waals surface area (Å²) in [6.07, 6.45) is 5.18. The molecule has 10 heteroatoms. The summed E-state index contributed by atoms with van der Waals surface area (Å²) in [5, 5.41) is 2.90. The maximum absolute atomic E-state index is 15.3. The molecule has 1 aromatic heterocycles. The molecular formula is C30H35F2N3O5. The maximum atomic E-state index is 15.3. The van der Waals surface area contributed by atoms with Crippen molar-refractivity contribution in [3.05, 3.63) is 53.1 Å². The van der Waals surface area contributed by atoms with Crippen LogP contribution in [0.4, 0.5) is 20.5 Å². The van der Waals surface area contributed by atoms with E-state index in [1.807, 2.05) is 6.92 Å². The lowest BCUT2D eigenvalue weighted by atomic mass is 9.87. The standard InChI is InChI=1S/C30H35F2N3O5/c1-18-5-9-21(31)15-26(18)34-30-33-25-12-8-20(27(32)28(25)40-30)14-23(36)16-35-13-3-4-22(35)17-39-24-10-6-19(7-11-24)29(37)38-2/h5,8-9,12,15,19,22,24H,3-4,6-7,10-11,13-14,16-17H2,1-2H3,(H,33,34)/t19-,22-,24-/m0/s1. The Morgan fingerprint density at radius 1 is 1.12 bits per heavy atom. The van der Waals surface area contributed by atoms with E-state index in [4.69, 9.17) is 13.9 Å². The van der Waals surface area contributed by atoms with Crippen molar-refractivity contribution >= 4 is 34.6 Å². The number of aromatic nitrogens is 1. The van der Waals surface area contributed by atoms with Gasteiger partial charge >= 0.3 is 5.97 Å². The Morgan fingerprint density at radius 3 is 2.70 bits per heavy atom. The molecule has 1 saturated heterocycles. The minimum absolute atomic E-state index is 0.0393. The molecule has 2 fully saturated rings. The van der Waals surface area contributed by atoms with Crippen LogP contribution in [0, 0.1) is 24.5 Å². The minimum Gasteiger partial charge on any atom is -0.469 e. The third kappa shape index (κ3) is 6.50. The molecule has 1 aliphatic heterocycles. The second-order valence-corrected chi connectivity index (χ2v) is 10.8. The highest BCUT2D eigenvalue weighted by Crippen LogP contribution is 2.30. The summed E-state index contributed by atoms with van der Waals surface area (Å²) in [6.45, 7) is 3.37. The molecule has 0 amide bonds. The van der Waals surface area contributed by atoms with Crippen LogP contribution in [0.1, 0.15) is 49.7 Å². The largest absolute Gasteiger partial charge is 0.469 e. The summed E-state index contributed by atoms with van der Waals surface area (Å²) in [5.74, 6) is -1.30. The van der Waals surface area contributed by atoms with Gasteiger partial charge in [-0.3, -0.25) is 14.5 Å². The van der Waals surface area contributed by atoms with Crippen molar-refractivity contribution in [1.29, 1.82) is 0 Å². The zero-order chi connectivity index (χ0) is 28.2. The van der Waals surface area contributed by atoms with Crippen LogP contribution in [0.15, 0.2) is 34.7 Å². The third-order valence-electron chi connectivity index (χ3n) is 8.02. The normalized spacial score (nSPS) is 21.6. The van der Waals surface area contributed by atoms with Crippen LogP contribution in [-0.2, 0) is 25.5 Å². The number of benzene rings is 2. The van der Waals surface area contributed by atoms with Crippen LogP contribution in [0.5, 0.6) is 0 Å². The molecule has 214 valence electrons. The van der Waals surface area contributed by atoms with E-state index in [0.717, 1.165) is 50.6 Å². The van der Waals surface area contributed by atoms with Crippen LogP contribution in [0.3, 0.4) is 0 Å². The molecular weight excluding hydrogens is 520 g/mol. The number of hydrogen-bond acceptors (Lipinski definition) is 8. The van der Waals surface area contributed by atoms with Crippen molar-refractivity contribution in [3.63, 3.8) is 0 Å². The first-order valence-electron chi connectivity index (χ1n) is 13.9. The van der Waals surface area contributed by atoms with E-state index < -0.39 is 11.6 Å². The van der Waals surface area contributed by atoms with Gasteiger partial charge in [0.15, 0.2) is 17.2 Å². The lowest BCUT2D eigenvalue weighted by Crippen LogP contribution is -2.39. The number of nitrogens with one attached hydrogen (secondary N) is 1. The van der Waals surface area contributed by atoms with Crippen molar-refractivity contribution < 1.29 is 32.3 Å². The molecule has 40 heavy (non-hydrogen) atoms. The molecule has 0 unspecified atom stereocenters. The Hall–Kier alpha value is -3.37. The number of esters is 1. The molecule has 2 aromatic carbocycles. The van der Waals surface area contributed by atoms with Crippen molar-refractivity contribution in [1.82, 2.24) is 9.88 Å². The highest BCUT2D eigenvalue weighted by molar-refractivity contribution is 5.85. The van der Waals surface area contributed by atoms with Crippen molar-refractivity contribution in [2.24, 2.45) is 5.92 Å². The van der Waals surface area contributed by atoms with E-state index in [1.165, 1.54) is 19.2 Å². The van der Waals surface area contributed by atoms with Crippen LogP contribution in [0.25, 0.3) is 11.1 Å². The van der Waals surface area contributed by atoms with Gasteiger partial charge in [0.1, 0.15) is 11.3 Å². The first-order valence-corrected chi connectivity index (χ1v) is 13.9. The number of likely N-dealkylation sites (tertiary alicyclic amines) is 1. The number of nitrogens with zero attached hydrogens (tertiary/aromatic N) is 2. The summed E-state index contributed by atoms with van der Waals surface area (Å²) >= 11 is 0. The number of methoxy groups -OCH3 is 1. The third-order valence-corrected chi connectivity index (χ3v) is 8.02. The first kappa shape index (κ1) is 28.2. The van der Waals surface area contributed by atoms with Crippen LogP contribution in [-0.4, -0.2) is 60.6 Å². The van der Waals surface area contributed by atoms with Gasteiger partial charge in [-0.1, -0.05) is 12.1 Å². The molecule has 0 spiro atoms. The summed E-state index contributed by atoms with van der Waals surface area (Å²) < 4.78 is 45.6. The van der Waals surface area contributed by atoms with E-state index >= 15 is 4.39 Å². The SMILES string of the molecule is COC(=O)[C@H]1CC[C@H](OC[C@@H]2CCCN2CC(=O)Cc2ccc3nc(Nc4cc(F)ccc4C)oc3c2F)CC1. The maximum Gasteiger partial charge on any atom is 0.308 e. The summed E-state index contributed by atoms with van der Waals surface area (Å²) in [5.41, 5.74) is 1.77. The second kappa shape index (κ2) is 12.4. The number of ether oxygens (including phenoxy) is 2. The highest BCUT2D eigenvalue weighted by atomic mass is 19.1. The van der Waals surface area contributed by atoms with E-state index in [0.29, 0.717) is 17.8 Å². The monoisotopic (exact) mass is 555 g/mol. The number of Topliss-reactive ketones (excluding diaryl/α,β-unsaturated/α-hetero) is 1. The van der Waals surface area contributed by atoms with Crippen molar-refractivity contribution in [2.75, 3.05) is 32.1 Å². The van der Waals surface area contributed by atoms with Gasteiger partial charge in [0.2, 0.25) is 0 Å². The molecule has 1 aliphatic carbocycles. The summed E-state index contributed by atoms with van der Waals surface area (Å²) in [6, 6.07) is 7.66. The van der Waals surface area contributed by atoms with Gasteiger partial charge < -0.3 is 19.2 Å². The van der Waals surface area contributed by atoms with Gasteiger partial charge in [-0.2, -0.15) is 4.98 Å². The molecule has 1 atom stereocenters. The number of halogens is 2. The number of ketones is 1. The van der Waals surface area contributed by atoms with E-state index in [1.54, 1.807) is 18.2 Å². The quantitative estimate of drug-likeness (QED) is 0.329. The Morgan fingerprint density at radius 2 is 1.93 bits per heavy atom. The van der Waals surface area contributed by atoms with Crippen molar-refractivity contribution in [3.8, 4) is 0 Å². The van der Waals surface area contributed by atoms with Gasteiger partial charge in [0.25, 0.3) is 6.01 Å². The lowest BCUT2D eigenvalue weighted by Gasteiger charge is -2.30. The smallest absolute Gasteiger partial charge is 0.308 e. The Kier molecular flexibility index (Phi) is 8.75. The van der Waals surface area contributed by atoms with Gasteiger partial charge in [-0.05, 0) is 81.3 Å². The van der Waals surface area contributed by atoms with Crippen LogP contribution < -0.4 is 5.32 Å². The predicted octanol–water partition coefficient (Wildman–Crippen LogP) is 5.48. The summed E-state index contributed by atoms with van der Waals surface area (Å²) in [7, 11) is 1.42. The molecule has 0 bridgehead atoms. The second-order valence-electron chi connectivity index (χ2n) is 10.8. The fraction of sp³-hybridized carbons (Fsp3) is 0.500. The number of fused-ring (bicyclic) bond motifs is 1. The molecule has 8 nitrogen and oxygen atoms in total. The van der Waals surface area contributed by atoms with Gasteiger partial charge in [-0.25, -0.2) is 8.78 Å². The number of oxazole rings is 1. The molecule has 0 radical (unpaired) electrons. The molecule has 5 rings (SSSR count). The Balaban J connectivity index is 1.15. The number of hydrogen-bond donors (Lipinski definition) is 1. The van der Waals surface area contributed by atoms with E-state index in [2.05, 4.69) is 15.2 Å².